The van der Waals surface area contributed by atoms with Crippen LogP contribution >= 0.6 is 0 Å². The first-order valence-corrected chi connectivity index (χ1v) is 11.4. The van der Waals surface area contributed by atoms with Crippen LogP contribution in [0.15, 0.2) is 96.7 Å². The normalized spacial score (nSPS) is 14.4. The van der Waals surface area contributed by atoms with Crippen LogP contribution in [0.2, 0.25) is 0 Å². The van der Waals surface area contributed by atoms with E-state index in [9.17, 15) is 14.9 Å². The number of aromatic carboxylic acids is 1. The van der Waals surface area contributed by atoms with Gasteiger partial charge in [0.1, 0.15) is 11.6 Å². The van der Waals surface area contributed by atoms with E-state index >= 15 is 0 Å². The maximum absolute atomic E-state index is 12.7. The lowest BCUT2D eigenvalue weighted by atomic mass is 9.96. The summed E-state index contributed by atoms with van der Waals surface area (Å²) < 4.78 is 0. The van der Waals surface area contributed by atoms with Crippen LogP contribution in [0.25, 0.3) is 0 Å². The molecule has 0 atom stereocenters. The van der Waals surface area contributed by atoms with Crippen molar-refractivity contribution in [3.63, 3.8) is 0 Å². The van der Waals surface area contributed by atoms with Crippen LogP contribution in [0, 0.1) is 11.3 Å². The zero-order valence-corrected chi connectivity index (χ0v) is 19.2. The van der Waals surface area contributed by atoms with Gasteiger partial charge < -0.3 is 15.3 Å². The van der Waals surface area contributed by atoms with Gasteiger partial charge in [-0.25, -0.2) is 4.79 Å². The first kappa shape index (κ1) is 23.7. The van der Waals surface area contributed by atoms with E-state index < -0.39 is 11.9 Å². The van der Waals surface area contributed by atoms with Crippen LogP contribution < -0.4 is 5.32 Å². The molecule has 0 aliphatic carbocycles. The highest BCUT2D eigenvalue weighted by molar-refractivity contribution is 6.06. The van der Waals surface area contributed by atoms with Crippen molar-refractivity contribution in [2.75, 3.05) is 31.5 Å². The summed E-state index contributed by atoms with van der Waals surface area (Å²) in [5, 5.41) is 21.3. The maximum atomic E-state index is 12.7. The molecule has 1 aliphatic rings. The van der Waals surface area contributed by atoms with Gasteiger partial charge in [-0.3, -0.25) is 9.69 Å². The molecule has 176 valence electrons. The van der Waals surface area contributed by atoms with Crippen LogP contribution in [-0.2, 0) is 4.79 Å². The van der Waals surface area contributed by atoms with Crippen molar-refractivity contribution in [2.45, 2.75) is 6.04 Å². The number of nitrogens with zero attached hydrogens (tertiary/aromatic N) is 3. The van der Waals surface area contributed by atoms with Crippen LogP contribution in [-0.4, -0.2) is 53.0 Å². The zero-order valence-electron chi connectivity index (χ0n) is 19.2. The van der Waals surface area contributed by atoms with Gasteiger partial charge in [-0.15, -0.1) is 0 Å². The fourth-order valence-electron chi connectivity index (χ4n) is 4.26. The smallest absolute Gasteiger partial charge is 0.335 e. The molecule has 3 aromatic carbocycles. The van der Waals surface area contributed by atoms with E-state index in [1.807, 2.05) is 47.4 Å². The average molecular weight is 467 g/mol. The Kier molecular flexibility index (Phi) is 7.56. The molecule has 7 nitrogen and oxygen atoms in total. The summed E-state index contributed by atoms with van der Waals surface area (Å²) in [5.74, 6) is -1.65. The zero-order chi connectivity index (χ0) is 24.6. The van der Waals surface area contributed by atoms with Gasteiger partial charge in [-0.2, -0.15) is 5.26 Å². The van der Waals surface area contributed by atoms with Crippen LogP contribution in [0.5, 0.6) is 0 Å². The average Bonchev–Trinajstić information content (AvgIpc) is 2.89. The lowest BCUT2D eigenvalue weighted by Gasteiger charge is -2.39. The lowest BCUT2D eigenvalue weighted by Crippen LogP contribution is -2.46. The number of benzene rings is 3. The van der Waals surface area contributed by atoms with Gasteiger partial charge in [0, 0.05) is 38.1 Å². The number of carbonyl (C=O) groups is 2. The molecule has 1 aliphatic heterocycles. The van der Waals surface area contributed by atoms with Crippen molar-refractivity contribution in [1.29, 1.82) is 5.26 Å². The highest BCUT2D eigenvalue weighted by Gasteiger charge is 2.26. The van der Waals surface area contributed by atoms with E-state index in [0.717, 1.165) is 13.1 Å². The number of anilines is 1. The molecule has 0 bridgehead atoms. The molecular weight excluding hydrogens is 440 g/mol. The SMILES string of the molecule is N#C/C(=C/N1CCN(C(c2ccccc2)c2ccccc2)CC1)C(=O)Nc1cccc(C(=O)O)c1. The van der Waals surface area contributed by atoms with E-state index in [1.165, 1.54) is 23.3 Å². The molecule has 1 amide bonds. The number of hydrogen-bond acceptors (Lipinski definition) is 5. The molecule has 0 radical (unpaired) electrons. The number of carboxylic acids is 1. The van der Waals surface area contributed by atoms with Crippen molar-refractivity contribution < 1.29 is 14.7 Å². The number of hydrogen-bond donors (Lipinski definition) is 2. The van der Waals surface area contributed by atoms with E-state index in [1.54, 1.807) is 18.3 Å². The minimum Gasteiger partial charge on any atom is -0.478 e. The van der Waals surface area contributed by atoms with Gasteiger partial charge in [0.15, 0.2) is 0 Å². The molecular formula is C28H26N4O3. The molecule has 1 heterocycles. The number of piperazine rings is 1. The summed E-state index contributed by atoms with van der Waals surface area (Å²) in [7, 11) is 0. The minimum absolute atomic E-state index is 0.0261. The van der Waals surface area contributed by atoms with Crippen molar-refractivity contribution in [3.8, 4) is 6.07 Å². The number of rotatable bonds is 7. The molecule has 2 N–H and O–H groups in total. The molecule has 1 fully saturated rings. The second-order valence-corrected chi connectivity index (χ2v) is 8.29. The lowest BCUT2D eigenvalue weighted by molar-refractivity contribution is -0.112. The molecule has 3 aromatic rings. The largest absolute Gasteiger partial charge is 0.478 e. The molecule has 35 heavy (non-hydrogen) atoms. The Morgan fingerprint density at radius 3 is 2.03 bits per heavy atom. The van der Waals surface area contributed by atoms with Crippen LogP contribution in [0.1, 0.15) is 27.5 Å². The third kappa shape index (κ3) is 5.94. The summed E-state index contributed by atoms with van der Waals surface area (Å²) in [6, 6.07) is 28.8. The van der Waals surface area contributed by atoms with Crippen molar-refractivity contribution in [1.82, 2.24) is 9.80 Å². The number of carbonyl (C=O) groups excluding carboxylic acids is 1. The molecule has 0 spiro atoms. The Morgan fingerprint density at radius 1 is 0.886 bits per heavy atom. The Bertz CT molecular complexity index is 1200. The van der Waals surface area contributed by atoms with Gasteiger partial charge in [0.2, 0.25) is 0 Å². The molecule has 4 rings (SSSR count). The van der Waals surface area contributed by atoms with Gasteiger partial charge in [0.05, 0.1) is 11.6 Å². The minimum atomic E-state index is -1.08. The molecule has 0 aromatic heterocycles. The number of carboxylic acid groups (broad SMARTS) is 1. The molecule has 1 saturated heterocycles. The Morgan fingerprint density at radius 2 is 1.49 bits per heavy atom. The summed E-state index contributed by atoms with van der Waals surface area (Å²) in [6.07, 6.45) is 1.59. The summed E-state index contributed by atoms with van der Waals surface area (Å²) in [6.45, 7) is 2.88. The fraction of sp³-hybridized carbons (Fsp3) is 0.179. The van der Waals surface area contributed by atoms with E-state index in [4.69, 9.17) is 5.11 Å². The Hall–Kier alpha value is -4.41. The molecule has 7 heteroatoms. The molecule has 0 saturated carbocycles. The topological polar surface area (TPSA) is 96.7 Å². The summed E-state index contributed by atoms with van der Waals surface area (Å²) in [4.78, 5) is 28.2. The predicted octanol–water partition coefficient (Wildman–Crippen LogP) is 4.14. The van der Waals surface area contributed by atoms with E-state index in [-0.39, 0.29) is 17.2 Å². The van der Waals surface area contributed by atoms with E-state index in [0.29, 0.717) is 18.8 Å². The Balaban J connectivity index is 1.44. The standard InChI is InChI=1S/C28H26N4O3/c29-19-24(27(33)30-25-13-7-12-23(18-25)28(34)35)20-31-14-16-32(17-15-31)26(21-8-3-1-4-9-21)22-10-5-2-6-11-22/h1-13,18,20,26H,14-17H2,(H,30,33)(H,34,35)/b24-20-. The van der Waals surface area contributed by atoms with Gasteiger partial charge in [-0.1, -0.05) is 66.7 Å². The first-order chi connectivity index (χ1) is 17.0. The molecule has 0 unspecified atom stereocenters. The second-order valence-electron chi connectivity index (χ2n) is 8.29. The summed E-state index contributed by atoms with van der Waals surface area (Å²) in [5.41, 5.74) is 2.82. The maximum Gasteiger partial charge on any atom is 0.335 e. The van der Waals surface area contributed by atoms with Gasteiger partial charge in [0.25, 0.3) is 5.91 Å². The second kappa shape index (κ2) is 11.1. The fourth-order valence-corrected chi connectivity index (χ4v) is 4.26. The van der Waals surface area contributed by atoms with Crippen molar-refractivity contribution in [3.05, 3.63) is 113 Å². The van der Waals surface area contributed by atoms with Gasteiger partial charge >= 0.3 is 5.97 Å². The summed E-state index contributed by atoms with van der Waals surface area (Å²) >= 11 is 0. The van der Waals surface area contributed by atoms with Crippen LogP contribution in [0.4, 0.5) is 5.69 Å². The Labute approximate surface area is 204 Å². The van der Waals surface area contributed by atoms with Crippen molar-refractivity contribution in [2.24, 2.45) is 0 Å². The number of nitriles is 1. The highest BCUT2D eigenvalue weighted by Crippen LogP contribution is 2.29. The predicted molar refractivity (Wildman–Crippen MR) is 134 cm³/mol. The third-order valence-corrected chi connectivity index (χ3v) is 5.99. The van der Waals surface area contributed by atoms with Gasteiger partial charge in [-0.05, 0) is 29.3 Å². The van der Waals surface area contributed by atoms with Crippen molar-refractivity contribution >= 4 is 17.6 Å². The monoisotopic (exact) mass is 466 g/mol. The van der Waals surface area contributed by atoms with Crippen LogP contribution in [0.3, 0.4) is 0 Å². The number of nitrogens with one attached hydrogen (secondary N) is 1. The highest BCUT2D eigenvalue weighted by atomic mass is 16.4. The third-order valence-electron chi connectivity index (χ3n) is 5.99. The quantitative estimate of drug-likeness (QED) is 0.401. The van der Waals surface area contributed by atoms with E-state index in [2.05, 4.69) is 34.5 Å². The number of amides is 1. The first-order valence-electron chi connectivity index (χ1n) is 11.4.